The van der Waals surface area contributed by atoms with Gasteiger partial charge in [-0.3, -0.25) is 4.79 Å². The van der Waals surface area contributed by atoms with Crippen LogP contribution in [0.5, 0.6) is 5.75 Å². The number of phenols is 1. The highest BCUT2D eigenvalue weighted by Crippen LogP contribution is 2.28. The van der Waals surface area contributed by atoms with Crippen molar-refractivity contribution in [2.75, 3.05) is 0 Å². The maximum Gasteiger partial charge on any atom is 0.408 e. The summed E-state index contributed by atoms with van der Waals surface area (Å²) in [4.78, 5) is 25.4. The second-order valence-corrected chi connectivity index (χ2v) is 11.0. The number of carbonyl (C=O) groups is 2. The Morgan fingerprint density at radius 3 is 2.34 bits per heavy atom. The lowest BCUT2D eigenvalue weighted by Gasteiger charge is -2.31. The van der Waals surface area contributed by atoms with Gasteiger partial charge in [-0.05, 0) is 102 Å². The maximum atomic E-state index is 13.1. The highest BCUT2D eigenvalue weighted by atomic mass is 127. The number of rotatable bonds is 5. The van der Waals surface area contributed by atoms with Crippen molar-refractivity contribution in [1.82, 2.24) is 10.6 Å². The third-order valence-electron chi connectivity index (χ3n) is 4.96. The largest absolute Gasteiger partial charge is 0.506 e. The summed E-state index contributed by atoms with van der Waals surface area (Å²) in [6.45, 7) is 7.52. The van der Waals surface area contributed by atoms with Crippen LogP contribution in [-0.4, -0.2) is 34.8 Å². The zero-order valence-corrected chi connectivity index (χ0v) is 21.7. The van der Waals surface area contributed by atoms with Crippen LogP contribution >= 0.6 is 45.2 Å². The van der Waals surface area contributed by atoms with Gasteiger partial charge in [0.25, 0.3) is 0 Å². The lowest BCUT2D eigenvalue weighted by molar-refractivity contribution is -0.124. The van der Waals surface area contributed by atoms with Gasteiger partial charge < -0.3 is 20.5 Å². The molecule has 0 aromatic heterocycles. The summed E-state index contributed by atoms with van der Waals surface area (Å²) in [5.41, 5.74) is 0.219. The Morgan fingerprint density at radius 2 is 1.79 bits per heavy atom. The molecule has 3 N–H and O–H groups in total. The van der Waals surface area contributed by atoms with E-state index in [1.54, 1.807) is 20.8 Å². The highest BCUT2D eigenvalue weighted by Gasteiger charge is 2.29. The molecular weight excluding hydrogens is 598 g/mol. The van der Waals surface area contributed by atoms with Crippen molar-refractivity contribution in [3.8, 4) is 5.75 Å². The van der Waals surface area contributed by atoms with Crippen LogP contribution in [0.3, 0.4) is 0 Å². The van der Waals surface area contributed by atoms with Crippen molar-refractivity contribution >= 4 is 57.2 Å². The minimum absolute atomic E-state index is 0.124. The average molecular weight is 628 g/mol. The number of amides is 2. The van der Waals surface area contributed by atoms with E-state index in [4.69, 9.17) is 4.74 Å². The first-order valence-corrected chi connectivity index (χ1v) is 12.1. The van der Waals surface area contributed by atoms with Crippen molar-refractivity contribution < 1.29 is 19.4 Å². The Kier molecular flexibility index (Phi) is 8.87. The van der Waals surface area contributed by atoms with Crippen LogP contribution in [0.25, 0.3) is 0 Å². The molecule has 1 aromatic carbocycles. The number of phenolic OH excluding ortho intramolecular Hbond substituents is 1. The molecule has 2 amide bonds. The van der Waals surface area contributed by atoms with E-state index in [1.807, 2.05) is 12.1 Å². The number of hydrogen-bond acceptors (Lipinski definition) is 4. The lowest BCUT2D eigenvalue weighted by Crippen LogP contribution is -2.53. The smallest absolute Gasteiger partial charge is 0.408 e. The molecule has 1 saturated carbocycles. The Labute approximate surface area is 200 Å². The number of ether oxygens (including phenoxy) is 1. The quantitative estimate of drug-likeness (QED) is 0.412. The summed E-state index contributed by atoms with van der Waals surface area (Å²) in [7, 11) is 0. The van der Waals surface area contributed by atoms with Crippen LogP contribution in [-0.2, 0) is 16.0 Å². The van der Waals surface area contributed by atoms with Gasteiger partial charge in [0.2, 0.25) is 5.91 Å². The van der Waals surface area contributed by atoms with Crippen LogP contribution in [0, 0.1) is 13.1 Å². The molecule has 0 spiro atoms. The van der Waals surface area contributed by atoms with Crippen LogP contribution in [0.1, 0.15) is 58.9 Å². The van der Waals surface area contributed by atoms with Crippen molar-refractivity contribution in [2.24, 2.45) is 5.92 Å². The second kappa shape index (κ2) is 10.5. The number of benzene rings is 1. The fraction of sp³-hybridized carbons (Fsp3) is 0.619. The number of aromatic hydroxyl groups is 1. The zero-order chi connectivity index (χ0) is 21.8. The fourth-order valence-corrected chi connectivity index (χ4v) is 5.34. The molecule has 0 unspecified atom stereocenters. The second-order valence-electron chi connectivity index (χ2n) is 8.69. The standard InChI is InChI=1S/C21H30I2N2O4/c1-12-7-5-6-8-16(12)24-19(27)17(25-20(28)29-21(2,3)4)11-13-9-14(22)18(26)15(23)10-13/h9-10,12,16-17,26H,5-8,11H2,1-4H3,(H,24,27)(H,25,28)/t12-,16+,17+/m1/s1. The summed E-state index contributed by atoms with van der Waals surface area (Å²) in [6.07, 6.45) is 4.06. The van der Waals surface area contributed by atoms with Crippen molar-refractivity contribution in [3.05, 3.63) is 24.8 Å². The van der Waals surface area contributed by atoms with E-state index in [0.29, 0.717) is 19.5 Å². The van der Waals surface area contributed by atoms with Gasteiger partial charge in [0.15, 0.2) is 0 Å². The summed E-state index contributed by atoms with van der Waals surface area (Å²) in [5, 5.41) is 15.9. The SMILES string of the molecule is C[C@@H]1CCCC[C@@H]1NC(=O)[C@H](Cc1cc(I)c(O)c(I)c1)NC(=O)OC(C)(C)C. The average Bonchev–Trinajstić information content (AvgIpc) is 2.59. The maximum absolute atomic E-state index is 13.1. The minimum atomic E-state index is -0.755. The molecule has 0 saturated heterocycles. The Bertz CT molecular complexity index is 726. The van der Waals surface area contributed by atoms with E-state index >= 15 is 0 Å². The summed E-state index contributed by atoms with van der Waals surface area (Å²) in [5.74, 6) is 0.449. The first-order valence-electron chi connectivity index (χ1n) is 9.93. The first kappa shape index (κ1) is 24.5. The molecule has 162 valence electrons. The molecule has 2 rings (SSSR count). The van der Waals surface area contributed by atoms with Crippen LogP contribution in [0.15, 0.2) is 12.1 Å². The van der Waals surface area contributed by atoms with Crippen molar-refractivity contribution in [2.45, 2.75) is 77.5 Å². The molecule has 29 heavy (non-hydrogen) atoms. The third-order valence-corrected chi connectivity index (χ3v) is 6.61. The predicted octanol–water partition coefficient (Wildman–Crippen LogP) is 4.73. The topological polar surface area (TPSA) is 87.7 Å². The Morgan fingerprint density at radius 1 is 1.21 bits per heavy atom. The number of halogens is 2. The van der Waals surface area contributed by atoms with Crippen LogP contribution < -0.4 is 10.6 Å². The van der Waals surface area contributed by atoms with E-state index in [1.165, 1.54) is 6.42 Å². The van der Waals surface area contributed by atoms with E-state index in [2.05, 4.69) is 62.7 Å². The Balaban J connectivity index is 2.17. The molecule has 0 radical (unpaired) electrons. The van der Waals surface area contributed by atoms with Gasteiger partial charge >= 0.3 is 6.09 Å². The summed E-state index contributed by atoms with van der Waals surface area (Å²) < 4.78 is 6.78. The monoisotopic (exact) mass is 628 g/mol. The van der Waals surface area contributed by atoms with E-state index in [-0.39, 0.29) is 17.7 Å². The van der Waals surface area contributed by atoms with Gasteiger partial charge in [0.1, 0.15) is 17.4 Å². The molecule has 3 atom stereocenters. The summed E-state index contributed by atoms with van der Waals surface area (Å²) in [6, 6.07) is 3.03. The summed E-state index contributed by atoms with van der Waals surface area (Å²) >= 11 is 4.13. The highest BCUT2D eigenvalue weighted by molar-refractivity contribution is 14.1. The van der Waals surface area contributed by atoms with Gasteiger partial charge in [-0.2, -0.15) is 0 Å². The molecule has 1 aliphatic rings. The van der Waals surface area contributed by atoms with Gasteiger partial charge in [-0.25, -0.2) is 4.79 Å². The van der Waals surface area contributed by atoms with E-state index in [9.17, 15) is 14.7 Å². The van der Waals surface area contributed by atoms with Crippen molar-refractivity contribution in [3.63, 3.8) is 0 Å². The van der Waals surface area contributed by atoms with Crippen LogP contribution in [0.4, 0.5) is 4.79 Å². The Hall–Kier alpha value is -0.780. The fourth-order valence-electron chi connectivity index (χ4n) is 3.44. The molecular formula is C21H30I2N2O4. The molecule has 1 aliphatic carbocycles. The molecule has 1 fully saturated rings. The number of carbonyl (C=O) groups excluding carboxylic acids is 2. The molecule has 8 heteroatoms. The van der Waals surface area contributed by atoms with Crippen LogP contribution in [0.2, 0.25) is 0 Å². The first-order chi connectivity index (χ1) is 13.5. The minimum Gasteiger partial charge on any atom is -0.506 e. The third kappa shape index (κ3) is 7.76. The number of nitrogens with one attached hydrogen (secondary N) is 2. The molecule has 6 nitrogen and oxygen atoms in total. The molecule has 1 aromatic rings. The molecule has 0 aliphatic heterocycles. The van der Waals surface area contributed by atoms with E-state index < -0.39 is 17.7 Å². The van der Waals surface area contributed by atoms with Gasteiger partial charge in [-0.1, -0.05) is 19.8 Å². The normalized spacial score (nSPS) is 20.6. The molecule has 0 bridgehead atoms. The number of hydrogen-bond donors (Lipinski definition) is 3. The lowest BCUT2D eigenvalue weighted by atomic mass is 9.85. The number of alkyl carbamates (subject to hydrolysis) is 1. The van der Waals surface area contributed by atoms with Gasteiger partial charge in [0, 0.05) is 12.5 Å². The van der Waals surface area contributed by atoms with Gasteiger partial charge in [0.05, 0.1) is 7.14 Å². The molecule has 0 heterocycles. The zero-order valence-electron chi connectivity index (χ0n) is 17.4. The van der Waals surface area contributed by atoms with Gasteiger partial charge in [-0.15, -0.1) is 0 Å². The predicted molar refractivity (Wildman–Crippen MR) is 130 cm³/mol. The van der Waals surface area contributed by atoms with E-state index in [0.717, 1.165) is 24.8 Å². The van der Waals surface area contributed by atoms with Crippen molar-refractivity contribution in [1.29, 1.82) is 0 Å².